The van der Waals surface area contributed by atoms with Crippen LogP contribution in [0.3, 0.4) is 0 Å². The number of hydrogen-bond donors (Lipinski definition) is 0. The highest BCUT2D eigenvalue weighted by Crippen LogP contribution is 2.10. The Morgan fingerprint density at radius 2 is 2.00 bits per heavy atom. The molecule has 5 nitrogen and oxygen atoms in total. The van der Waals surface area contributed by atoms with E-state index < -0.39 is 17.7 Å². The maximum atomic E-state index is 11.6. The van der Waals surface area contributed by atoms with Gasteiger partial charge in [-0.2, -0.15) is 0 Å². The van der Waals surface area contributed by atoms with Gasteiger partial charge in [-0.1, -0.05) is 0 Å². The number of carbonyl (C=O) groups is 2. The maximum Gasteiger partial charge on any atom is 0.418 e. The quantitative estimate of drug-likeness (QED) is 0.744. The van der Waals surface area contributed by atoms with Crippen LogP contribution >= 0.6 is 0 Å². The summed E-state index contributed by atoms with van der Waals surface area (Å²) >= 11 is 0. The Bertz CT molecular complexity index is 414. The van der Waals surface area contributed by atoms with Gasteiger partial charge < -0.3 is 9.47 Å². The molecule has 0 fully saturated rings. The summed E-state index contributed by atoms with van der Waals surface area (Å²) in [6.45, 7) is 7.36. The Balaban J connectivity index is 2.74. The zero-order valence-electron chi connectivity index (χ0n) is 10.5. The molecule has 17 heavy (non-hydrogen) atoms. The van der Waals surface area contributed by atoms with Crippen molar-refractivity contribution >= 4 is 12.1 Å². The molecule has 0 atom stereocenters. The SMILES string of the molecule is CCOC(=O)c1ccn(C(=O)OC(C)(C)C)c1. The summed E-state index contributed by atoms with van der Waals surface area (Å²) in [6, 6.07) is 1.52. The summed E-state index contributed by atoms with van der Waals surface area (Å²) in [4.78, 5) is 23.0. The largest absolute Gasteiger partial charge is 0.462 e. The van der Waals surface area contributed by atoms with Gasteiger partial charge in [-0.3, -0.25) is 4.57 Å². The maximum absolute atomic E-state index is 11.6. The van der Waals surface area contributed by atoms with Crippen molar-refractivity contribution in [2.75, 3.05) is 6.61 Å². The average molecular weight is 239 g/mol. The third-order valence-electron chi connectivity index (χ3n) is 1.81. The van der Waals surface area contributed by atoms with E-state index >= 15 is 0 Å². The van der Waals surface area contributed by atoms with Crippen LogP contribution in [0.15, 0.2) is 18.5 Å². The molecule has 0 saturated carbocycles. The summed E-state index contributed by atoms with van der Waals surface area (Å²) in [6.07, 6.45) is 2.35. The first-order valence-corrected chi connectivity index (χ1v) is 5.42. The molecule has 0 aliphatic carbocycles. The normalized spacial score (nSPS) is 11.1. The first kappa shape index (κ1) is 13.3. The average Bonchev–Trinajstić information content (AvgIpc) is 2.63. The minimum absolute atomic E-state index is 0.302. The molecule has 0 saturated heterocycles. The van der Waals surface area contributed by atoms with Crippen LogP contribution in [-0.2, 0) is 9.47 Å². The molecule has 0 aliphatic rings. The molecule has 0 spiro atoms. The van der Waals surface area contributed by atoms with Crippen molar-refractivity contribution < 1.29 is 19.1 Å². The lowest BCUT2D eigenvalue weighted by atomic mass is 10.2. The Labute approximate surface area is 100 Å². The number of carbonyl (C=O) groups excluding carboxylic acids is 2. The fraction of sp³-hybridized carbons (Fsp3) is 0.500. The molecule has 0 aliphatic heterocycles. The minimum Gasteiger partial charge on any atom is -0.462 e. The second-order valence-corrected chi connectivity index (χ2v) is 4.51. The molecule has 0 amide bonds. The molecule has 0 bridgehead atoms. The van der Waals surface area contributed by atoms with Crippen LogP contribution in [0.2, 0.25) is 0 Å². The van der Waals surface area contributed by atoms with Crippen LogP contribution in [0.4, 0.5) is 4.79 Å². The number of aromatic nitrogens is 1. The van der Waals surface area contributed by atoms with Crippen molar-refractivity contribution in [1.82, 2.24) is 4.57 Å². The lowest BCUT2D eigenvalue weighted by Crippen LogP contribution is -2.26. The van der Waals surface area contributed by atoms with Crippen molar-refractivity contribution in [3.63, 3.8) is 0 Å². The Hall–Kier alpha value is -1.78. The minimum atomic E-state index is -0.564. The predicted molar refractivity (Wildman–Crippen MR) is 62.0 cm³/mol. The zero-order valence-corrected chi connectivity index (χ0v) is 10.5. The lowest BCUT2D eigenvalue weighted by Gasteiger charge is -2.19. The molecule has 1 rings (SSSR count). The van der Waals surface area contributed by atoms with Gasteiger partial charge in [0.15, 0.2) is 0 Å². The van der Waals surface area contributed by atoms with Crippen LogP contribution in [0, 0.1) is 0 Å². The summed E-state index contributed by atoms with van der Waals surface area (Å²) in [5.41, 5.74) is -0.233. The van der Waals surface area contributed by atoms with E-state index in [1.54, 1.807) is 27.7 Å². The molecule has 0 aromatic carbocycles. The monoisotopic (exact) mass is 239 g/mol. The standard InChI is InChI=1S/C12H17NO4/c1-5-16-10(14)9-6-7-13(8-9)11(15)17-12(2,3)4/h6-8H,5H2,1-4H3. The van der Waals surface area contributed by atoms with Crippen LogP contribution < -0.4 is 0 Å². The molecule has 0 radical (unpaired) electrons. The molecular weight excluding hydrogens is 222 g/mol. The summed E-state index contributed by atoms with van der Waals surface area (Å²) < 4.78 is 11.2. The molecule has 1 aromatic rings. The number of nitrogens with zero attached hydrogens (tertiary/aromatic N) is 1. The van der Waals surface area contributed by atoms with E-state index in [-0.39, 0.29) is 0 Å². The Kier molecular flexibility index (Phi) is 3.93. The van der Waals surface area contributed by atoms with Crippen molar-refractivity contribution in [3.8, 4) is 0 Å². The molecule has 0 unspecified atom stereocenters. The molecule has 1 heterocycles. The number of esters is 1. The van der Waals surface area contributed by atoms with E-state index in [0.29, 0.717) is 12.2 Å². The van der Waals surface area contributed by atoms with E-state index in [1.807, 2.05) is 0 Å². The highest BCUT2D eigenvalue weighted by Gasteiger charge is 2.18. The van der Waals surface area contributed by atoms with Gasteiger partial charge in [0.1, 0.15) is 5.60 Å². The van der Waals surface area contributed by atoms with Crippen LogP contribution in [0.5, 0.6) is 0 Å². The second kappa shape index (κ2) is 5.03. The van der Waals surface area contributed by atoms with Gasteiger partial charge in [-0.05, 0) is 33.8 Å². The smallest absolute Gasteiger partial charge is 0.418 e. The Morgan fingerprint density at radius 1 is 1.35 bits per heavy atom. The third-order valence-corrected chi connectivity index (χ3v) is 1.81. The van der Waals surface area contributed by atoms with E-state index in [4.69, 9.17) is 9.47 Å². The van der Waals surface area contributed by atoms with Crippen molar-refractivity contribution in [2.24, 2.45) is 0 Å². The van der Waals surface area contributed by atoms with Gasteiger partial charge in [0.2, 0.25) is 0 Å². The molecular formula is C12H17NO4. The van der Waals surface area contributed by atoms with Gasteiger partial charge >= 0.3 is 12.1 Å². The fourth-order valence-electron chi connectivity index (χ4n) is 1.16. The van der Waals surface area contributed by atoms with Gasteiger partial charge in [0.25, 0.3) is 0 Å². The third kappa shape index (κ3) is 3.94. The van der Waals surface area contributed by atoms with Gasteiger partial charge in [0, 0.05) is 12.4 Å². The van der Waals surface area contributed by atoms with Crippen LogP contribution in [0.1, 0.15) is 38.1 Å². The first-order chi connectivity index (χ1) is 7.83. The number of hydrogen-bond acceptors (Lipinski definition) is 4. The molecule has 1 aromatic heterocycles. The van der Waals surface area contributed by atoms with Crippen molar-refractivity contribution in [2.45, 2.75) is 33.3 Å². The summed E-state index contributed by atoms with van der Waals surface area (Å²) in [5.74, 6) is -0.449. The molecule has 94 valence electrons. The zero-order chi connectivity index (χ0) is 13.1. The first-order valence-electron chi connectivity index (χ1n) is 5.42. The highest BCUT2D eigenvalue weighted by molar-refractivity contribution is 5.90. The number of rotatable bonds is 2. The van der Waals surface area contributed by atoms with E-state index in [0.717, 1.165) is 0 Å². The van der Waals surface area contributed by atoms with Gasteiger partial charge in [-0.15, -0.1) is 0 Å². The lowest BCUT2D eigenvalue weighted by molar-refractivity contribution is 0.0525. The van der Waals surface area contributed by atoms with Crippen molar-refractivity contribution in [3.05, 3.63) is 24.0 Å². The number of ether oxygens (including phenoxy) is 2. The topological polar surface area (TPSA) is 57.5 Å². The molecule has 5 heteroatoms. The van der Waals surface area contributed by atoms with Crippen LogP contribution in [0.25, 0.3) is 0 Å². The van der Waals surface area contributed by atoms with Gasteiger partial charge in [-0.25, -0.2) is 9.59 Å². The van der Waals surface area contributed by atoms with Gasteiger partial charge in [0.05, 0.1) is 12.2 Å². The molecule has 0 N–H and O–H groups in total. The van der Waals surface area contributed by atoms with Crippen LogP contribution in [-0.4, -0.2) is 28.8 Å². The highest BCUT2D eigenvalue weighted by atomic mass is 16.6. The van der Waals surface area contributed by atoms with E-state index in [1.165, 1.54) is 23.0 Å². The second-order valence-electron chi connectivity index (χ2n) is 4.51. The fourth-order valence-corrected chi connectivity index (χ4v) is 1.16. The van der Waals surface area contributed by atoms with E-state index in [9.17, 15) is 9.59 Å². The summed E-state index contributed by atoms with van der Waals surface area (Å²) in [5, 5.41) is 0. The van der Waals surface area contributed by atoms with E-state index in [2.05, 4.69) is 0 Å². The summed E-state index contributed by atoms with van der Waals surface area (Å²) in [7, 11) is 0. The van der Waals surface area contributed by atoms with Crippen molar-refractivity contribution in [1.29, 1.82) is 0 Å². The predicted octanol–water partition coefficient (Wildman–Crippen LogP) is 2.45. The Morgan fingerprint density at radius 3 is 2.53 bits per heavy atom.